The summed E-state index contributed by atoms with van der Waals surface area (Å²) in [7, 11) is 2.91. The molecule has 6 heteroatoms. The lowest BCUT2D eigenvalue weighted by Crippen LogP contribution is -2.42. The van der Waals surface area contributed by atoms with Crippen molar-refractivity contribution in [2.24, 2.45) is 5.92 Å². The quantitative estimate of drug-likeness (QED) is 0.818. The fourth-order valence-electron chi connectivity index (χ4n) is 1.77. The van der Waals surface area contributed by atoms with Gasteiger partial charge < -0.3 is 14.8 Å². The molecule has 0 spiro atoms. The van der Waals surface area contributed by atoms with Crippen LogP contribution in [0.4, 0.5) is 0 Å². The smallest absolute Gasteiger partial charge is 0.259 e. The lowest BCUT2D eigenvalue weighted by atomic mass is 10.0. The molecule has 110 valence electrons. The first-order valence-electron chi connectivity index (χ1n) is 6.13. The maximum Gasteiger partial charge on any atom is 0.259 e. The van der Waals surface area contributed by atoms with Crippen LogP contribution in [0.1, 0.15) is 24.2 Å². The van der Waals surface area contributed by atoms with Gasteiger partial charge in [-0.2, -0.15) is 0 Å². The molecule has 0 aliphatic rings. The first kappa shape index (κ1) is 16.3. The van der Waals surface area contributed by atoms with Crippen LogP contribution in [0.15, 0.2) is 18.2 Å². The fraction of sp³-hybridized carbons (Fsp3) is 0.429. The molecule has 0 radical (unpaired) electrons. The predicted octanol–water partition coefficient (Wildman–Crippen LogP) is 2.22. The lowest BCUT2D eigenvalue weighted by Gasteiger charge is -2.20. The van der Waals surface area contributed by atoms with E-state index in [-0.39, 0.29) is 11.5 Å². The number of hydrogen-bond donors (Lipinski definition) is 1. The van der Waals surface area contributed by atoms with Gasteiger partial charge in [0.05, 0.1) is 14.2 Å². The van der Waals surface area contributed by atoms with Crippen LogP contribution >= 0.6 is 11.6 Å². The number of methoxy groups -OCH3 is 2. The van der Waals surface area contributed by atoms with Gasteiger partial charge in [0.15, 0.2) is 0 Å². The minimum Gasteiger partial charge on any atom is -0.496 e. The number of hydrogen-bond acceptors (Lipinski definition) is 4. The Morgan fingerprint density at radius 2 is 1.65 bits per heavy atom. The summed E-state index contributed by atoms with van der Waals surface area (Å²) in [5, 5.41) is 1.99. The van der Waals surface area contributed by atoms with Crippen molar-refractivity contribution in [1.82, 2.24) is 5.32 Å². The van der Waals surface area contributed by atoms with E-state index in [1.807, 2.05) is 0 Å². The Labute approximate surface area is 123 Å². The van der Waals surface area contributed by atoms with Crippen molar-refractivity contribution in [2.75, 3.05) is 14.2 Å². The second kappa shape index (κ2) is 7.14. The summed E-state index contributed by atoms with van der Waals surface area (Å²) in [5.41, 5.74) is 0.237. The van der Waals surface area contributed by atoms with E-state index in [9.17, 15) is 9.59 Å². The van der Waals surface area contributed by atoms with Crippen LogP contribution in [-0.2, 0) is 4.79 Å². The number of nitrogens with one attached hydrogen (secondary N) is 1. The highest BCUT2D eigenvalue weighted by atomic mass is 35.5. The third kappa shape index (κ3) is 3.63. The van der Waals surface area contributed by atoms with Crippen LogP contribution in [0.3, 0.4) is 0 Å². The molecule has 1 aromatic rings. The molecule has 20 heavy (non-hydrogen) atoms. The monoisotopic (exact) mass is 299 g/mol. The highest BCUT2D eigenvalue weighted by Gasteiger charge is 2.26. The van der Waals surface area contributed by atoms with Crippen molar-refractivity contribution in [3.63, 3.8) is 0 Å². The molecule has 1 N–H and O–H groups in total. The van der Waals surface area contributed by atoms with Crippen molar-refractivity contribution in [3.8, 4) is 11.5 Å². The van der Waals surface area contributed by atoms with Gasteiger partial charge in [0, 0.05) is 0 Å². The predicted molar refractivity (Wildman–Crippen MR) is 76.5 cm³/mol. The molecule has 1 atom stereocenters. The Kier molecular flexibility index (Phi) is 5.82. The molecule has 1 aromatic carbocycles. The Hall–Kier alpha value is -1.75. The molecular weight excluding hydrogens is 282 g/mol. The zero-order chi connectivity index (χ0) is 15.3. The number of carbonyl (C=O) groups is 2. The standard InChI is InChI=1S/C14H18ClNO4/c1-8(2)12(13(15)17)16-14(18)11-9(19-3)6-5-7-10(11)20-4/h5-8,12H,1-4H3,(H,16,18). The summed E-state index contributed by atoms with van der Waals surface area (Å²) < 4.78 is 10.3. The maximum atomic E-state index is 12.3. The molecule has 5 nitrogen and oxygen atoms in total. The average Bonchev–Trinajstić information content (AvgIpc) is 2.42. The van der Waals surface area contributed by atoms with E-state index in [1.54, 1.807) is 32.0 Å². The van der Waals surface area contributed by atoms with Crippen LogP contribution < -0.4 is 14.8 Å². The molecule has 0 aliphatic carbocycles. The van der Waals surface area contributed by atoms with E-state index in [1.165, 1.54) is 14.2 Å². The third-order valence-electron chi connectivity index (χ3n) is 2.85. The van der Waals surface area contributed by atoms with E-state index < -0.39 is 17.2 Å². The summed E-state index contributed by atoms with van der Waals surface area (Å²) in [6.45, 7) is 3.59. The van der Waals surface area contributed by atoms with Gasteiger partial charge in [-0.15, -0.1) is 0 Å². The molecule has 0 saturated carbocycles. The fourth-order valence-corrected chi connectivity index (χ4v) is 2.08. The van der Waals surface area contributed by atoms with Gasteiger partial charge in [-0.25, -0.2) is 0 Å². The molecule has 0 bridgehead atoms. The topological polar surface area (TPSA) is 64.6 Å². The Morgan fingerprint density at radius 3 is 2.00 bits per heavy atom. The minimum absolute atomic E-state index is 0.121. The molecule has 1 unspecified atom stereocenters. The zero-order valence-corrected chi connectivity index (χ0v) is 12.7. The summed E-state index contributed by atoms with van der Waals surface area (Å²) in [4.78, 5) is 23.7. The summed E-state index contributed by atoms with van der Waals surface area (Å²) >= 11 is 5.50. The highest BCUT2D eigenvalue weighted by molar-refractivity contribution is 6.64. The van der Waals surface area contributed by atoms with Crippen molar-refractivity contribution in [1.29, 1.82) is 0 Å². The number of rotatable bonds is 6. The third-order valence-corrected chi connectivity index (χ3v) is 3.09. The second-order valence-corrected chi connectivity index (χ2v) is 4.91. The van der Waals surface area contributed by atoms with E-state index >= 15 is 0 Å². The lowest BCUT2D eigenvalue weighted by molar-refractivity contribution is -0.114. The van der Waals surface area contributed by atoms with Crippen LogP contribution in [0, 0.1) is 5.92 Å². The molecule has 0 aliphatic heterocycles. The van der Waals surface area contributed by atoms with Crippen molar-refractivity contribution >= 4 is 22.8 Å². The van der Waals surface area contributed by atoms with Gasteiger partial charge >= 0.3 is 0 Å². The van der Waals surface area contributed by atoms with E-state index in [0.717, 1.165) is 0 Å². The highest BCUT2D eigenvalue weighted by Crippen LogP contribution is 2.28. The zero-order valence-electron chi connectivity index (χ0n) is 11.9. The normalized spacial score (nSPS) is 11.9. The molecular formula is C14H18ClNO4. The van der Waals surface area contributed by atoms with Gasteiger partial charge in [0.2, 0.25) is 5.24 Å². The van der Waals surface area contributed by atoms with Crippen molar-refractivity contribution < 1.29 is 19.1 Å². The van der Waals surface area contributed by atoms with Gasteiger partial charge in [-0.05, 0) is 29.7 Å². The van der Waals surface area contributed by atoms with Crippen LogP contribution in [0.5, 0.6) is 11.5 Å². The Bertz CT molecular complexity index is 480. The number of amides is 1. The SMILES string of the molecule is COc1cccc(OC)c1C(=O)NC(C(=O)Cl)C(C)C. The summed E-state index contributed by atoms with van der Waals surface area (Å²) in [5.74, 6) is 0.148. The maximum absolute atomic E-state index is 12.3. The molecule has 0 heterocycles. The van der Waals surface area contributed by atoms with E-state index in [2.05, 4.69) is 5.32 Å². The molecule has 1 amide bonds. The van der Waals surface area contributed by atoms with Gasteiger partial charge in [0.25, 0.3) is 5.91 Å². The van der Waals surface area contributed by atoms with Crippen LogP contribution in [0.2, 0.25) is 0 Å². The van der Waals surface area contributed by atoms with Crippen molar-refractivity contribution in [2.45, 2.75) is 19.9 Å². The average molecular weight is 300 g/mol. The van der Waals surface area contributed by atoms with E-state index in [0.29, 0.717) is 11.5 Å². The van der Waals surface area contributed by atoms with E-state index in [4.69, 9.17) is 21.1 Å². The molecule has 0 aromatic heterocycles. The molecule has 0 fully saturated rings. The Morgan fingerprint density at radius 1 is 1.15 bits per heavy atom. The molecule has 1 rings (SSSR count). The summed E-state index contributed by atoms with van der Waals surface area (Å²) in [6.07, 6.45) is 0. The number of carbonyl (C=O) groups excluding carboxylic acids is 2. The number of benzene rings is 1. The first-order valence-corrected chi connectivity index (χ1v) is 6.51. The second-order valence-electron chi connectivity index (χ2n) is 4.54. The van der Waals surface area contributed by atoms with Crippen molar-refractivity contribution in [3.05, 3.63) is 23.8 Å². The van der Waals surface area contributed by atoms with Gasteiger partial charge in [-0.1, -0.05) is 19.9 Å². The number of ether oxygens (including phenoxy) is 2. The van der Waals surface area contributed by atoms with Gasteiger partial charge in [0.1, 0.15) is 23.1 Å². The Balaban J connectivity index is 3.11. The molecule has 0 saturated heterocycles. The first-order chi connectivity index (χ1) is 9.42. The minimum atomic E-state index is -0.765. The summed E-state index contributed by atoms with van der Waals surface area (Å²) in [6, 6.07) is 4.23. The number of halogens is 1. The van der Waals surface area contributed by atoms with Gasteiger partial charge in [-0.3, -0.25) is 9.59 Å². The largest absolute Gasteiger partial charge is 0.496 e. The van der Waals surface area contributed by atoms with Crippen LogP contribution in [-0.4, -0.2) is 31.4 Å². The van der Waals surface area contributed by atoms with Crippen LogP contribution in [0.25, 0.3) is 0 Å².